The molecule has 3 rings (SSSR count). The predicted molar refractivity (Wildman–Crippen MR) is 101 cm³/mol. The first-order chi connectivity index (χ1) is 12.2. The normalized spacial score (nSPS) is 14.0. The third-order valence-electron chi connectivity index (χ3n) is 4.18. The van der Waals surface area contributed by atoms with E-state index in [1.165, 1.54) is 0 Å². The molecular formula is C20H24N2O4. The average Bonchev–Trinajstić information content (AvgIpc) is 3.01. The molecule has 6 heteroatoms. The summed E-state index contributed by atoms with van der Waals surface area (Å²) in [6.07, 6.45) is -0.685. The third-order valence-corrected chi connectivity index (χ3v) is 4.18. The van der Waals surface area contributed by atoms with Gasteiger partial charge in [0.2, 0.25) is 6.79 Å². The Balaban J connectivity index is 1.69. The molecule has 138 valence electrons. The van der Waals surface area contributed by atoms with Crippen molar-refractivity contribution >= 4 is 17.3 Å². The van der Waals surface area contributed by atoms with Gasteiger partial charge in [0.15, 0.2) is 17.6 Å². The third kappa shape index (κ3) is 3.85. The summed E-state index contributed by atoms with van der Waals surface area (Å²) in [5, 5.41) is 2.78. The van der Waals surface area contributed by atoms with Crippen LogP contribution >= 0.6 is 0 Å². The summed E-state index contributed by atoms with van der Waals surface area (Å²) in [6, 6.07) is 11.1. The van der Waals surface area contributed by atoms with Crippen LogP contribution < -0.4 is 25.3 Å². The van der Waals surface area contributed by atoms with Gasteiger partial charge >= 0.3 is 0 Å². The van der Waals surface area contributed by atoms with Gasteiger partial charge in [0.1, 0.15) is 5.75 Å². The summed E-state index contributed by atoms with van der Waals surface area (Å²) in [5.74, 6) is 1.49. The molecule has 0 aliphatic carbocycles. The molecule has 1 unspecified atom stereocenters. The van der Waals surface area contributed by atoms with Crippen LogP contribution in [0.1, 0.15) is 33.3 Å². The Kier molecular flexibility index (Phi) is 4.68. The lowest BCUT2D eigenvalue weighted by Crippen LogP contribution is -2.30. The van der Waals surface area contributed by atoms with Gasteiger partial charge in [0.05, 0.1) is 11.4 Å². The van der Waals surface area contributed by atoms with Crippen molar-refractivity contribution in [1.29, 1.82) is 0 Å². The van der Waals surface area contributed by atoms with Gasteiger partial charge in [0.25, 0.3) is 5.91 Å². The second-order valence-electron chi connectivity index (χ2n) is 7.32. The highest BCUT2D eigenvalue weighted by atomic mass is 16.7. The van der Waals surface area contributed by atoms with Crippen LogP contribution in [0.5, 0.6) is 17.2 Å². The lowest BCUT2D eigenvalue weighted by atomic mass is 9.87. The largest absolute Gasteiger partial charge is 0.481 e. The van der Waals surface area contributed by atoms with E-state index in [4.69, 9.17) is 19.9 Å². The Morgan fingerprint density at radius 2 is 1.88 bits per heavy atom. The number of nitrogens with one attached hydrogen (secondary N) is 1. The number of carbonyl (C=O) groups excluding carboxylic acids is 1. The maximum atomic E-state index is 12.5. The summed E-state index contributed by atoms with van der Waals surface area (Å²) in [6.45, 7) is 8.23. The van der Waals surface area contributed by atoms with Crippen molar-refractivity contribution in [3.63, 3.8) is 0 Å². The van der Waals surface area contributed by atoms with E-state index in [0.717, 1.165) is 5.56 Å². The molecule has 2 aromatic carbocycles. The molecule has 0 saturated heterocycles. The minimum atomic E-state index is -0.685. The minimum absolute atomic E-state index is 0.00576. The number of ether oxygens (including phenoxy) is 3. The highest BCUT2D eigenvalue weighted by molar-refractivity contribution is 5.97. The van der Waals surface area contributed by atoms with Crippen molar-refractivity contribution in [1.82, 2.24) is 0 Å². The van der Waals surface area contributed by atoms with Crippen molar-refractivity contribution in [2.75, 3.05) is 17.8 Å². The van der Waals surface area contributed by atoms with E-state index < -0.39 is 6.10 Å². The van der Waals surface area contributed by atoms with Crippen molar-refractivity contribution in [2.24, 2.45) is 0 Å². The van der Waals surface area contributed by atoms with Crippen LogP contribution in [-0.2, 0) is 10.2 Å². The monoisotopic (exact) mass is 356 g/mol. The number of carbonyl (C=O) groups is 1. The van der Waals surface area contributed by atoms with Crippen LogP contribution in [0.4, 0.5) is 11.4 Å². The zero-order valence-electron chi connectivity index (χ0n) is 15.5. The number of benzene rings is 2. The minimum Gasteiger partial charge on any atom is -0.481 e. The van der Waals surface area contributed by atoms with Crippen molar-refractivity contribution in [3.05, 3.63) is 42.0 Å². The van der Waals surface area contributed by atoms with Gasteiger partial charge in [-0.25, -0.2) is 0 Å². The van der Waals surface area contributed by atoms with Gasteiger partial charge in [-0.3, -0.25) is 4.79 Å². The molecule has 0 aromatic heterocycles. The topological polar surface area (TPSA) is 82.8 Å². The fraction of sp³-hybridized carbons (Fsp3) is 0.350. The quantitative estimate of drug-likeness (QED) is 0.816. The number of nitrogen functional groups attached to an aromatic ring is 1. The van der Waals surface area contributed by atoms with Crippen LogP contribution in [0.3, 0.4) is 0 Å². The second-order valence-corrected chi connectivity index (χ2v) is 7.32. The maximum absolute atomic E-state index is 12.5. The Labute approximate surface area is 153 Å². The molecule has 2 aromatic rings. The smallest absolute Gasteiger partial charge is 0.265 e. The van der Waals surface area contributed by atoms with Gasteiger partial charge in [0, 0.05) is 12.1 Å². The molecule has 1 aliphatic rings. The van der Waals surface area contributed by atoms with Gasteiger partial charge in [-0.15, -0.1) is 0 Å². The number of fused-ring (bicyclic) bond motifs is 1. The highest BCUT2D eigenvalue weighted by Gasteiger charge is 2.21. The number of hydrogen-bond donors (Lipinski definition) is 2. The number of hydrogen-bond acceptors (Lipinski definition) is 5. The number of amides is 1. The molecule has 1 atom stereocenters. The van der Waals surface area contributed by atoms with E-state index in [1.807, 2.05) is 24.3 Å². The molecule has 1 amide bonds. The molecule has 0 fully saturated rings. The predicted octanol–water partition coefficient (Wildman–Crippen LogP) is 3.70. The van der Waals surface area contributed by atoms with Gasteiger partial charge in [-0.1, -0.05) is 32.9 Å². The van der Waals surface area contributed by atoms with Gasteiger partial charge in [-0.2, -0.15) is 0 Å². The fourth-order valence-corrected chi connectivity index (χ4v) is 2.59. The molecule has 0 spiro atoms. The van der Waals surface area contributed by atoms with Gasteiger partial charge in [-0.05, 0) is 30.0 Å². The molecule has 0 bridgehead atoms. The highest BCUT2D eigenvalue weighted by Crippen LogP contribution is 2.38. The summed E-state index contributed by atoms with van der Waals surface area (Å²) in [7, 11) is 0. The van der Waals surface area contributed by atoms with E-state index in [2.05, 4.69) is 26.1 Å². The van der Waals surface area contributed by atoms with Crippen molar-refractivity contribution < 1.29 is 19.0 Å². The van der Waals surface area contributed by atoms with E-state index in [1.54, 1.807) is 19.1 Å². The molecular weight excluding hydrogens is 332 g/mol. The summed E-state index contributed by atoms with van der Waals surface area (Å²) >= 11 is 0. The number of rotatable bonds is 4. The zero-order chi connectivity index (χ0) is 18.9. The molecule has 1 heterocycles. The Morgan fingerprint density at radius 1 is 1.19 bits per heavy atom. The molecule has 26 heavy (non-hydrogen) atoms. The summed E-state index contributed by atoms with van der Waals surface area (Å²) in [4.78, 5) is 12.5. The summed E-state index contributed by atoms with van der Waals surface area (Å²) < 4.78 is 16.4. The van der Waals surface area contributed by atoms with Crippen LogP contribution in [0.25, 0.3) is 0 Å². The van der Waals surface area contributed by atoms with Crippen LogP contribution in [0, 0.1) is 0 Å². The second kappa shape index (κ2) is 6.78. The SMILES string of the molecule is CC(Oc1cccc(C(C)(C)C)c1)C(=O)Nc1cc2c(cc1N)OCO2. The fourth-order valence-electron chi connectivity index (χ4n) is 2.59. The maximum Gasteiger partial charge on any atom is 0.265 e. The van der Waals surface area contributed by atoms with Crippen LogP contribution in [0.15, 0.2) is 36.4 Å². The van der Waals surface area contributed by atoms with E-state index >= 15 is 0 Å². The lowest BCUT2D eigenvalue weighted by molar-refractivity contribution is -0.122. The Hall–Kier alpha value is -2.89. The molecule has 6 nitrogen and oxygen atoms in total. The Bertz CT molecular complexity index is 827. The molecule has 1 aliphatic heterocycles. The first kappa shape index (κ1) is 17.9. The van der Waals surface area contributed by atoms with Crippen LogP contribution in [0.2, 0.25) is 0 Å². The molecule has 0 saturated carbocycles. The first-order valence-electron chi connectivity index (χ1n) is 8.51. The molecule has 3 N–H and O–H groups in total. The standard InChI is InChI=1S/C20H24N2O4/c1-12(26-14-7-5-6-13(8-14)20(2,3)4)19(23)22-16-10-18-17(9-15(16)21)24-11-25-18/h5-10,12H,11,21H2,1-4H3,(H,22,23). The Morgan fingerprint density at radius 3 is 2.58 bits per heavy atom. The van der Waals surface area contributed by atoms with E-state index in [0.29, 0.717) is 28.6 Å². The number of anilines is 2. The number of nitrogens with two attached hydrogens (primary N) is 1. The van der Waals surface area contributed by atoms with Crippen LogP contribution in [-0.4, -0.2) is 18.8 Å². The van der Waals surface area contributed by atoms with Gasteiger partial charge < -0.3 is 25.3 Å². The van der Waals surface area contributed by atoms with E-state index in [9.17, 15) is 4.79 Å². The van der Waals surface area contributed by atoms with E-state index in [-0.39, 0.29) is 18.1 Å². The van der Waals surface area contributed by atoms with Crippen molar-refractivity contribution in [3.8, 4) is 17.2 Å². The van der Waals surface area contributed by atoms with Crippen molar-refractivity contribution in [2.45, 2.75) is 39.2 Å². The average molecular weight is 356 g/mol. The molecule has 0 radical (unpaired) electrons. The zero-order valence-corrected chi connectivity index (χ0v) is 15.5. The first-order valence-corrected chi connectivity index (χ1v) is 8.51. The summed E-state index contributed by atoms with van der Waals surface area (Å²) in [5.41, 5.74) is 8.00. The lowest BCUT2D eigenvalue weighted by Gasteiger charge is -2.21.